The SMILES string of the molecule is CCCN=C(N)SCCOc1ccc(Cl)cc1Cl. The Morgan fingerprint density at radius 1 is 1.44 bits per heavy atom. The second kappa shape index (κ2) is 8.51. The van der Waals surface area contributed by atoms with Crippen LogP contribution in [0.3, 0.4) is 0 Å². The van der Waals surface area contributed by atoms with Crippen LogP contribution < -0.4 is 10.5 Å². The Kier molecular flexibility index (Phi) is 7.32. The first-order chi connectivity index (χ1) is 8.63. The van der Waals surface area contributed by atoms with Gasteiger partial charge >= 0.3 is 0 Å². The molecule has 0 atom stereocenters. The quantitative estimate of drug-likeness (QED) is 0.493. The van der Waals surface area contributed by atoms with E-state index in [0.29, 0.717) is 27.6 Å². The average molecular weight is 307 g/mol. The zero-order chi connectivity index (χ0) is 13.4. The third-order valence-corrected chi connectivity index (χ3v) is 3.30. The van der Waals surface area contributed by atoms with Gasteiger partial charge in [0.2, 0.25) is 0 Å². The summed E-state index contributed by atoms with van der Waals surface area (Å²) in [5.74, 6) is 1.36. The first kappa shape index (κ1) is 15.5. The molecule has 0 fully saturated rings. The predicted octanol–water partition coefficient (Wildman–Crippen LogP) is 3.83. The maximum absolute atomic E-state index is 5.97. The predicted molar refractivity (Wildman–Crippen MR) is 81.2 cm³/mol. The number of aliphatic imine (C=N–C) groups is 1. The number of hydrogen-bond donors (Lipinski definition) is 1. The smallest absolute Gasteiger partial charge is 0.154 e. The summed E-state index contributed by atoms with van der Waals surface area (Å²) in [6.45, 7) is 3.35. The van der Waals surface area contributed by atoms with E-state index < -0.39 is 0 Å². The van der Waals surface area contributed by atoms with Gasteiger partial charge < -0.3 is 10.5 Å². The molecule has 0 heterocycles. The number of thioether (sulfide) groups is 1. The van der Waals surface area contributed by atoms with Gasteiger partial charge in [-0.15, -0.1) is 0 Å². The van der Waals surface area contributed by atoms with Crippen molar-refractivity contribution in [2.75, 3.05) is 18.9 Å². The van der Waals surface area contributed by atoms with E-state index in [9.17, 15) is 0 Å². The molecule has 0 aliphatic carbocycles. The van der Waals surface area contributed by atoms with Crippen molar-refractivity contribution in [1.29, 1.82) is 0 Å². The standard InChI is InChI=1S/C12H16Cl2N2OS/c1-2-5-16-12(15)18-7-6-17-11-4-3-9(13)8-10(11)14/h3-4,8H,2,5-7H2,1H3,(H2,15,16). The third kappa shape index (κ3) is 5.85. The molecule has 100 valence electrons. The van der Waals surface area contributed by atoms with E-state index in [1.54, 1.807) is 18.2 Å². The maximum Gasteiger partial charge on any atom is 0.154 e. The fourth-order valence-electron chi connectivity index (χ4n) is 1.16. The van der Waals surface area contributed by atoms with Gasteiger partial charge in [0.25, 0.3) is 0 Å². The second-order valence-electron chi connectivity index (χ2n) is 3.49. The molecule has 18 heavy (non-hydrogen) atoms. The van der Waals surface area contributed by atoms with Gasteiger partial charge in [0.15, 0.2) is 5.17 Å². The maximum atomic E-state index is 5.97. The normalized spacial score (nSPS) is 11.6. The molecule has 1 rings (SSSR count). The van der Waals surface area contributed by atoms with Crippen molar-refractivity contribution < 1.29 is 4.74 Å². The Labute approximate surface area is 122 Å². The highest BCUT2D eigenvalue weighted by molar-refractivity contribution is 8.13. The summed E-state index contributed by atoms with van der Waals surface area (Å²) in [4.78, 5) is 4.17. The Morgan fingerprint density at radius 3 is 2.89 bits per heavy atom. The van der Waals surface area contributed by atoms with Crippen LogP contribution in [0.4, 0.5) is 0 Å². The minimum Gasteiger partial charge on any atom is -0.491 e. The first-order valence-corrected chi connectivity index (χ1v) is 7.38. The summed E-state index contributed by atoms with van der Waals surface area (Å²) in [5.41, 5.74) is 5.70. The highest BCUT2D eigenvalue weighted by Gasteiger charge is 2.02. The molecule has 0 radical (unpaired) electrons. The largest absolute Gasteiger partial charge is 0.491 e. The van der Waals surface area contributed by atoms with E-state index in [1.807, 2.05) is 0 Å². The number of hydrogen-bond acceptors (Lipinski definition) is 3. The third-order valence-electron chi connectivity index (χ3n) is 1.98. The molecule has 3 nitrogen and oxygen atoms in total. The highest BCUT2D eigenvalue weighted by atomic mass is 35.5. The van der Waals surface area contributed by atoms with Gasteiger partial charge in [0.05, 0.1) is 11.6 Å². The number of benzene rings is 1. The van der Waals surface area contributed by atoms with Crippen LogP contribution in [0, 0.1) is 0 Å². The van der Waals surface area contributed by atoms with E-state index in [1.165, 1.54) is 11.8 Å². The van der Waals surface area contributed by atoms with Crippen LogP contribution >= 0.6 is 35.0 Å². The molecule has 0 unspecified atom stereocenters. The van der Waals surface area contributed by atoms with Gasteiger partial charge in [-0.05, 0) is 24.6 Å². The lowest BCUT2D eigenvalue weighted by atomic mass is 10.3. The van der Waals surface area contributed by atoms with Crippen LogP contribution in [0.1, 0.15) is 13.3 Å². The van der Waals surface area contributed by atoms with Crippen LogP contribution in [0.5, 0.6) is 5.75 Å². The molecule has 0 amide bonds. The summed E-state index contributed by atoms with van der Waals surface area (Å²) in [7, 11) is 0. The fraction of sp³-hybridized carbons (Fsp3) is 0.417. The van der Waals surface area contributed by atoms with Gasteiger partial charge in [-0.3, -0.25) is 4.99 Å². The van der Waals surface area contributed by atoms with E-state index in [0.717, 1.165) is 18.7 Å². The van der Waals surface area contributed by atoms with E-state index in [-0.39, 0.29) is 0 Å². The van der Waals surface area contributed by atoms with Crippen LogP contribution in [0.25, 0.3) is 0 Å². The summed E-state index contributed by atoms with van der Waals surface area (Å²) in [5, 5.41) is 1.71. The van der Waals surface area contributed by atoms with Crippen LogP contribution in [0.2, 0.25) is 10.0 Å². The van der Waals surface area contributed by atoms with Gasteiger partial charge in [-0.1, -0.05) is 41.9 Å². The molecule has 2 N–H and O–H groups in total. The lowest BCUT2D eigenvalue weighted by Crippen LogP contribution is -2.11. The van der Waals surface area contributed by atoms with E-state index in [2.05, 4.69) is 11.9 Å². The lowest BCUT2D eigenvalue weighted by molar-refractivity contribution is 0.344. The van der Waals surface area contributed by atoms with Crippen molar-refractivity contribution in [3.63, 3.8) is 0 Å². The zero-order valence-electron chi connectivity index (χ0n) is 10.2. The summed E-state index contributed by atoms with van der Waals surface area (Å²) in [6.07, 6.45) is 0.998. The Hall–Kier alpha value is -0.580. The molecule has 0 spiro atoms. The van der Waals surface area contributed by atoms with Gasteiger partial charge in [-0.25, -0.2) is 0 Å². The number of rotatable bonds is 6. The monoisotopic (exact) mass is 306 g/mol. The number of halogens is 2. The van der Waals surface area contributed by atoms with Crippen LogP contribution in [-0.2, 0) is 0 Å². The van der Waals surface area contributed by atoms with Crippen LogP contribution in [0.15, 0.2) is 23.2 Å². The Bertz CT molecular complexity index is 413. The molecule has 1 aromatic rings. The molecule has 0 saturated heterocycles. The van der Waals surface area contributed by atoms with Crippen molar-refractivity contribution in [2.45, 2.75) is 13.3 Å². The first-order valence-electron chi connectivity index (χ1n) is 5.64. The number of nitrogens with two attached hydrogens (primary N) is 1. The van der Waals surface area contributed by atoms with Crippen molar-refractivity contribution in [2.24, 2.45) is 10.7 Å². The van der Waals surface area contributed by atoms with Crippen molar-refractivity contribution >= 4 is 40.1 Å². The zero-order valence-corrected chi connectivity index (χ0v) is 12.5. The van der Waals surface area contributed by atoms with Crippen molar-refractivity contribution in [1.82, 2.24) is 0 Å². The Balaban J connectivity index is 2.29. The number of ether oxygens (including phenoxy) is 1. The molecule has 0 aliphatic rings. The summed E-state index contributed by atoms with van der Waals surface area (Å²) < 4.78 is 5.52. The average Bonchev–Trinajstić information content (AvgIpc) is 2.34. The number of nitrogens with zero attached hydrogens (tertiary/aromatic N) is 1. The van der Waals surface area contributed by atoms with Crippen molar-refractivity contribution in [3.05, 3.63) is 28.2 Å². The molecular weight excluding hydrogens is 291 g/mol. The molecule has 0 aliphatic heterocycles. The molecule has 1 aromatic carbocycles. The Morgan fingerprint density at radius 2 is 2.22 bits per heavy atom. The second-order valence-corrected chi connectivity index (χ2v) is 5.45. The van der Waals surface area contributed by atoms with Crippen molar-refractivity contribution in [3.8, 4) is 5.75 Å². The summed E-state index contributed by atoms with van der Waals surface area (Å²) >= 11 is 13.2. The van der Waals surface area contributed by atoms with Gasteiger partial charge in [-0.2, -0.15) is 0 Å². The molecule has 6 heteroatoms. The molecule has 0 bridgehead atoms. The lowest BCUT2D eigenvalue weighted by Gasteiger charge is -2.07. The van der Waals surface area contributed by atoms with Crippen LogP contribution in [-0.4, -0.2) is 24.1 Å². The molecule has 0 aromatic heterocycles. The topological polar surface area (TPSA) is 47.6 Å². The fourth-order valence-corrected chi connectivity index (χ4v) is 2.18. The summed E-state index contributed by atoms with van der Waals surface area (Å²) in [6, 6.07) is 5.15. The van der Waals surface area contributed by atoms with Gasteiger partial charge in [0, 0.05) is 17.3 Å². The molecular formula is C12H16Cl2N2OS. The minimum absolute atomic E-state index is 0.514. The van der Waals surface area contributed by atoms with Gasteiger partial charge in [0.1, 0.15) is 5.75 Å². The highest BCUT2D eigenvalue weighted by Crippen LogP contribution is 2.27. The van der Waals surface area contributed by atoms with E-state index in [4.69, 9.17) is 33.7 Å². The minimum atomic E-state index is 0.514. The molecule has 0 saturated carbocycles. The van der Waals surface area contributed by atoms with E-state index >= 15 is 0 Å². The number of amidine groups is 1.